The molecule has 4 heterocycles. The Morgan fingerprint density at radius 3 is 2.56 bits per heavy atom. The van der Waals surface area contributed by atoms with Crippen molar-refractivity contribution in [3.8, 4) is 0 Å². The lowest BCUT2D eigenvalue weighted by atomic mass is 9.94. The van der Waals surface area contributed by atoms with E-state index < -0.39 is 0 Å². The predicted octanol–water partition coefficient (Wildman–Crippen LogP) is 1.47. The molecule has 3 saturated heterocycles. The molecule has 140 valence electrons. The molecular weight excluding hydrogens is 340 g/mol. The molecule has 27 heavy (non-hydrogen) atoms. The first-order chi connectivity index (χ1) is 13.2. The molecule has 6 heteroatoms. The van der Waals surface area contributed by atoms with Crippen molar-refractivity contribution in [1.29, 1.82) is 0 Å². The van der Waals surface area contributed by atoms with Crippen molar-refractivity contribution in [2.75, 3.05) is 19.6 Å². The molecule has 2 aromatic rings. The monoisotopic (exact) mass is 364 g/mol. The molecule has 4 aliphatic rings. The smallest absolute Gasteiger partial charge is 0.263 e. The van der Waals surface area contributed by atoms with Gasteiger partial charge in [0.2, 0.25) is 0 Å². The van der Waals surface area contributed by atoms with Crippen LogP contribution in [0.2, 0.25) is 0 Å². The Morgan fingerprint density at radius 2 is 1.81 bits per heavy atom. The van der Waals surface area contributed by atoms with Gasteiger partial charge in [0.1, 0.15) is 5.56 Å². The summed E-state index contributed by atoms with van der Waals surface area (Å²) in [4.78, 5) is 36.0. The topological polar surface area (TPSA) is 69.3 Å². The maximum absolute atomic E-state index is 13.0. The Balaban J connectivity index is 1.36. The zero-order chi connectivity index (χ0) is 18.4. The minimum absolute atomic E-state index is 0.157. The number of hydrogen-bond donors (Lipinski definition) is 1. The van der Waals surface area contributed by atoms with Crippen LogP contribution in [0.4, 0.5) is 0 Å². The second-order valence-electron chi connectivity index (χ2n) is 8.13. The van der Waals surface area contributed by atoms with Gasteiger partial charge in [-0.3, -0.25) is 14.5 Å². The third-order valence-corrected chi connectivity index (χ3v) is 6.50. The fraction of sp³-hybridized carbons (Fsp3) is 0.476. The van der Waals surface area contributed by atoms with Gasteiger partial charge in [-0.2, -0.15) is 0 Å². The van der Waals surface area contributed by atoms with E-state index in [0.717, 1.165) is 45.3 Å². The maximum Gasteiger partial charge on any atom is 0.263 e. The van der Waals surface area contributed by atoms with Gasteiger partial charge in [-0.05, 0) is 42.7 Å². The molecule has 2 atom stereocenters. The van der Waals surface area contributed by atoms with E-state index >= 15 is 0 Å². The molecule has 1 aromatic heterocycles. The Hall–Kier alpha value is -2.47. The van der Waals surface area contributed by atoms with Crippen LogP contribution in [0.5, 0.6) is 0 Å². The lowest BCUT2D eigenvalue weighted by Crippen LogP contribution is -2.49. The minimum atomic E-state index is -0.349. The Labute approximate surface area is 158 Å². The number of carbonyl (C=O) groups excluding carboxylic acids is 1. The molecule has 0 saturated carbocycles. The van der Waals surface area contributed by atoms with Gasteiger partial charge < -0.3 is 9.88 Å². The molecule has 6 nitrogen and oxygen atoms in total. The molecule has 2 bridgehead atoms. The van der Waals surface area contributed by atoms with Gasteiger partial charge in [0.25, 0.3) is 11.5 Å². The summed E-state index contributed by atoms with van der Waals surface area (Å²) in [5, 5.41) is 0. The first-order valence-electron chi connectivity index (χ1n) is 9.83. The quantitative estimate of drug-likeness (QED) is 0.876. The van der Waals surface area contributed by atoms with Gasteiger partial charge >= 0.3 is 0 Å². The van der Waals surface area contributed by atoms with E-state index in [2.05, 4.69) is 39.1 Å². The fourth-order valence-corrected chi connectivity index (χ4v) is 5.11. The molecule has 1 aliphatic carbocycles. The minimum Gasteiger partial charge on any atom is -0.334 e. The van der Waals surface area contributed by atoms with E-state index in [4.69, 9.17) is 0 Å². The van der Waals surface area contributed by atoms with Crippen LogP contribution >= 0.6 is 0 Å². The van der Waals surface area contributed by atoms with Gasteiger partial charge in [-0.1, -0.05) is 24.3 Å². The van der Waals surface area contributed by atoms with Crippen molar-refractivity contribution in [2.45, 2.75) is 37.8 Å². The van der Waals surface area contributed by atoms with Crippen LogP contribution in [-0.4, -0.2) is 57.4 Å². The highest BCUT2D eigenvalue weighted by molar-refractivity contribution is 5.93. The van der Waals surface area contributed by atoms with Crippen LogP contribution in [0.15, 0.2) is 41.6 Å². The molecule has 1 N–H and O–H groups in total. The van der Waals surface area contributed by atoms with Crippen molar-refractivity contribution in [2.24, 2.45) is 5.92 Å². The van der Waals surface area contributed by atoms with E-state index in [1.165, 1.54) is 23.7 Å². The third-order valence-electron chi connectivity index (χ3n) is 6.50. The highest BCUT2D eigenvalue weighted by atomic mass is 16.2. The normalized spacial score (nSPS) is 25.4. The van der Waals surface area contributed by atoms with E-state index in [1.54, 1.807) is 0 Å². The summed E-state index contributed by atoms with van der Waals surface area (Å²) >= 11 is 0. The van der Waals surface area contributed by atoms with Crippen molar-refractivity contribution in [1.82, 2.24) is 19.8 Å². The van der Waals surface area contributed by atoms with Crippen molar-refractivity contribution in [3.05, 3.63) is 63.8 Å². The van der Waals surface area contributed by atoms with Gasteiger partial charge in [0.05, 0.1) is 6.33 Å². The number of rotatable bonds is 2. The highest BCUT2D eigenvalue weighted by Crippen LogP contribution is 2.33. The Bertz CT molecular complexity index is 899. The van der Waals surface area contributed by atoms with Gasteiger partial charge in [0.15, 0.2) is 0 Å². The van der Waals surface area contributed by atoms with Crippen LogP contribution in [0.3, 0.4) is 0 Å². The summed E-state index contributed by atoms with van der Waals surface area (Å²) in [6.07, 6.45) is 7.11. The molecule has 0 spiro atoms. The highest BCUT2D eigenvalue weighted by Gasteiger charge is 2.40. The van der Waals surface area contributed by atoms with Crippen LogP contribution in [-0.2, 0) is 12.8 Å². The molecule has 1 aromatic carbocycles. The number of nitrogens with zero attached hydrogens (tertiary/aromatic N) is 3. The lowest BCUT2D eigenvalue weighted by Gasteiger charge is -2.36. The van der Waals surface area contributed by atoms with Gasteiger partial charge in [-0.25, -0.2) is 4.98 Å². The molecule has 1 amide bonds. The molecule has 6 rings (SSSR count). The van der Waals surface area contributed by atoms with E-state index in [0.29, 0.717) is 12.0 Å². The summed E-state index contributed by atoms with van der Waals surface area (Å²) in [7, 11) is 0. The van der Waals surface area contributed by atoms with Gasteiger partial charge in [0, 0.05) is 37.9 Å². The lowest BCUT2D eigenvalue weighted by molar-refractivity contribution is 0.0579. The molecule has 3 aliphatic heterocycles. The first kappa shape index (κ1) is 16.7. The Morgan fingerprint density at radius 1 is 1.04 bits per heavy atom. The number of aromatic nitrogens is 2. The van der Waals surface area contributed by atoms with Crippen molar-refractivity contribution >= 4 is 5.91 Å². The number of aromatic amines is 1. The maximum atomic E-state index is 13.0. The largest absolute Gasteiger partial charge is 0.334 e. The Kier molecular flexibility index (Phi) is 4.08. The number of amides is 1. The SMILES string of the molecule is O=C(c1cnc[nH]c1=O)N1C[C@H]2CC[C@@H]1CN(C1Cc3ccccc3C1)C2. The van der Waals surface area contributed by atoms with Gasteiger partial charge in [-0.15, -0.1) is 0 Å². The van der Waals surface area contributed by atoms with Crippen molar-refractivity contribution < 1.29 is 4.79 Å². The third kappa shape index (κ3) is 2.98. The summed E-state index contributed by atoms with van der Waals surface area (Å²) < 4.78 is 0. The first-order valence-corrected chi connectivity index (χ1v) is 9.83. The molecule has 0 radical (unpaired) electrons. The molecular formula is C21H24N4O2. The standard InChI is InChI=1S/C21H24N4O2/c26-20-19(9-22-13-23-20)21(27)25-11-14-5-6-17(25)12-24(10-14)18-7-15-3-1-2-4-16(15)8-18/h1-4,9,13-14,17-18H,5-8,10-12H2,(H,22,23,26)/t14-,17+/m0/s1. The summed E-state index contributed by atoms with van der Waals surface area (Å²) in [6, 6.07) is 9.44. The fourth-order valence-electron chi connectivity index (χ4n) is 5.11. The second kappa shape index (κ2) is 6.60. The van der Waals surface area contributed by atoms with E-state index in [1.807, 2.05) is 4.90 Å². The van der Waals surface area contributed by atoms with Crippen LogP contribution in [0.25, 0.3) is 0 Å². The number of benzene rings is 1. The molecule has 0 unspecified atom stereocenters. The number of hydrogen-bond acceptors (Lipinski definition) is 4. The number of nitrogens with one attached hydrogen (secondary N) is 1. The number of H-pyrrole nitrogens is 1. The number of carbonyl (C=O) groups is 1. The zero-order valence-corrected chi connectivity index (χ0v) is 15.3. The van der Waals surface area contributed by atoms with E-state index in [9.17, 15) is 9.59 Å². The summed E-state index contributed by atoms with van der Waals surface area (Å²) in [5.41, 5.74) is 2.74. The second-order valence-corrected chi connectivity index (χ2v) is 8.13. The van der Waals surface area contributed by atoms with Crippen LogP contribution in [0.1, 0.15) is 34.3 Å². The summed E-state index contributed by atoms with van der Waals surface area (Å²) in [5.74, 6) is 0.308. The van der Waals surface area contributed by atoms with Crippen molar-refractivity contribution in [3.63, 3.8) is 0 Å². The average molecular weight is 364 g/mol. The van der Waals surface area contributed by atoms with E-state index in [-0.39, 0.29) is 23.1 Å². The van der Waals surface area contributed by atoms with Crippen LogP contribution in [0, 0.1) is 5.92 Å². The number of fused-ring (bicyclic) bond motifs is 5. The predicted molar refractivity (Wildman–Crippen MR) is 102 cm³/mol. The average Bonchev–Trinajstić information content (AvgIpc) is 2.91. The molecule has 3 fully saturated rings. The van der Waals surface area contributed by atoms with Crippen LogP contribution < -0.4 is 5.56 Å². The number of piperidine rings is 1. The summed E-state index contributed by atoms with van der Waals surface area (Å²) in [6.45, 7) is 2.69. The zero-order valence-electron chi connectivity index (χ0n) is 15.3.